The van der Waals surface area contributed by atoms with Gasteiger partial charge < -0.3 is 9.73 Å². The van der Waals surface area contributed by atoms with E-state index < -0.39 is 0 Å². The number of hydrogen-bond acceptors (Lipinski definition) is 3. The Morgan fingerprint density at radius 2 is 2.10 bits per heavy atom. The molecule has 6 heteroatoms. The van der Waals surface area contributed by atoms with Gasteiger partial charge in [-0.05, 0) is 24.6 Å². The van der Waals surface area contributed by atoms with Gasteiger partial charge >= 0.3 is 0 Å². The number of nitrogens with one attached hydrogen (secondary N) is 1. The summed E-state index contributed by atoms with van der Waals surface area (Å²) in [6.07, 6.45) is 4.50. The summed E-state index contributed by atoms with van der Waals surface area (Å²) in [7, 11) is 0. The van der Waals surface area contributed by atoms with E-state index in [1.54, 1.807) is 18.2 Å². The third-order valence-corrected chi connectivity index (χ3v) is 3.71. The lowest BCUT2D eigenvalue weighted by molar-refractivity contribution is 0.0948. The first-order valence-electron chi connectivity index (χ1n) is 6.81. The normalized spacial score (nSPS) is 10.6. The van der Waals surface area contributed by atoms with Gasteiger partial charge in [0, 0.05) is 12.1 Å². The summed E-state index contributed by atoms with van der Waals surface area (Å²) in [6.45, 7) is 2.75. The largest absolute Gasteiger partial charge is 0.444 e. The van der Waals surface area contributed by atoms with Crippen molar-refractivity contribution in [3.05, 3.63) is 40.2 Å². The number of hydrogen-bond donors (Lipinski definition) is 1. The van der Waals surface area contributed by atoms with Crippen LogP contribution < -0.4 is 5.32 Å². The molecule has 2 aromatic rings. The summed E-state index contributed by atoms with van der Waals surface area (Å²) in [5.74, 6) is 0.105. The van der Waals surface area contributed by atoms with Crippen molar-refractivity contribution >= 4 is 29.1 Å². The molecule has 1 aromatic carbocycles. The number of rotatable bonds is 6. The molecule has 0 atom stereocenters. The number of benzene rings is 1. The third kappa shape index (κ3) is 4.22. The van der Waals surface area contributed by atoms with Gasteiger partial charge in [-0.2, -0.15) is 0 Å². The highest BCUT2D eigenvalue weighted by Gasteiger charge is 2.13. The summed E-state index contributed by atoms with van der Waals surface area (Å²) < 4.78 is 5.32. The van der Waals surface area contributed by atoms with Crippen LogP contribution in [0.4, 0.5) is 0 Å². The fraction of sp³-hybridized carbons (Fsp3) is 0.333. The number of halogens is 2. The van der Waals surface area contributed by atoms with E-state index in [0.29, 0.717) is 28.0 Å². The number of nitrogens with zero attached hydrogens (tertiary/aromatic N) is 1. The van der Waals surface area contributed by atoms with Gasteiger partial charge in [-0.1, -0.05) is 43.0 Å². The van der Waals surface area contributed by atoms with E-state index in [-0.39, 0.29) is 11.6 Å². The van der Waals surface area contributed by atoms with Crippen LogP contribution in [0.25, 0.3) is 11.5 Å². The van der Waals surface area contributed by atoms with E-state index in [1.165, 1.54) is 6.26 Å². The topological polar surface area (TPSA) is 55.1 Å². The van der Waals surface area contributed by atoms with Crippen LogP contribution in [0, 0.1) is 0 Å². The molecule has 112 valence electrons. The van der Waals surface area contributed by atoms with Crippen molar-refractivity contribution in [1.82, 2.24) is 10.3 Å². The maximum atomic E-state index is 11.9. The molecule has 0 aliphatic carbocycles. The van der Waals surface area contributed by atoms with E-state index in [2.05, 4.69) is 17.2 Å². The Morgan fingerprint density at radius 3 is 2.81 bits per heavy atom. The summed E-state index contributed by atoms with van der Waals surface area (Å²) in [4.78, 5) is 16.1. The highest BCUT2D eigenvalue weighted by Crippen LogP contribution is 2.28. The molecule has 1 amide bonds. The highest BCUT2D eigenvalue weighted by atomic mass is 35.5. The molecule has 1 N–H and O–H groups in total. The summed E-state index contributed by atoms with van der Waals surface area (Å²) >= 11 is 11.8. The van der Waals surface area contributed by atoms with Gasteiger partial charge in [-0.3, -0.25) is 4.79 Å². The van der Waals surface area contributed by atoms with Crippen LogP contribution in [0.5, 0.6) is 0 Å². The molecule has 2 rings (SSSR count). The minimum Gasteiger partial charge on any atom is -0.444 e. The van der Waals surface area contributed by atoms with E-state index in [9.17, 15) is 4.79 Å². The molecule has 4 nitrogen and oxygen atoms in total. The monoisotopic (exact) mass is 326 g/mol. The number of carbonyl (C=O) groups excluding carboxylic acids is 1. The number of unbranched alkanes of at least 4 members (excludes halogenated alkanes) is 2. The number of oxazole rings is 1. The second-order valence-electron chi connectivity index (χ2n) is 4.63. The van der Waals surface area contributed by atoms with Crippen LogP contribution in [0.3, 0.4) is 0 Å². The van der Waals surface area contributed by atoms with Crippen molar-refractivity contribution in [3.63, 3.8) is 0 Å². The van der Waals surface area contributed by atoms with Crippen molar-refractivity contribution in [2.75, 3.05) is 6.54 Å². The van der Waals surface area contributed by atoms with Gasteiger partial charge in [-0.25, -0.2) is 4.98 Å². The van der Waals surface area contributed by atoms with E-state index in [1.807, 2.05) is 0 Å². The van der Waals surface area contributed by atoms with Gasteiger partial charge in [0.05, 0.1) is 10.0 Å². The highest BCUT2D eigenvalue weighted by molar-refractivity contribution is 6.42. The van der Waals surface area contributed by atoms with E-state index in [0.717, 1.165) is 19.3 Å². The van der Waals surface area contributed by atoms with Crippen LogP contribution in [-0.4, -0.2) is 17.4 Å². The Morgan fingerprint density at radius 1 is 1.29 bits per heavy atom. The first-order chi connectivity index (χ1) is 10.1. The first kappa shape index (κ1) is 15.9. The second-order valence-corrected chi connectivity index (χ2v) is 5.44. The Kier molecular flexibility index (Phi) is 5.65. The SMILES string of the molecule is CCCCCNC(=O)c1coc(-c2ccc(Cl)c(Cl)c2)n1. The molecule has 1 heterocycles. The molecule has 0 aliphatic rings. The van der Waals surface area contributed by atoms with Crippen LogP contribution in [0.1, 0.15) is 36.7 Å². The maximum Gasteiger partial charge on any atom is 0.273 e. The zero-order valence-corrected chi connectivity index (χ0v) is 13.2. The summed E-state index contributed by atoms with van der Waals surface area (Å²) in [6, 6.07) is 5.05. The lowest BCUT2D eigenvalue weighted by Gasteiger charge is -2.01. The molecule has 0 unspecified atom stereocenters. The first-order valence-corrected chi connectivity index (χ1v) is 7.56. The van der Waals surface area contributed by atoms with Crippen molar-refractivity contribution in [1.29, 1.82) is 0 Å². The fourth-order valence-electron chi connectivity index (χ4n) is 1.81. The Labute approximate surface area is 133 Å². The van der Waals surface area contributed by atoms with Gasteiger partial charge in [0.15, 0.2) is 5.69 Å². The van der Waals surface area contributed by atoms with Gasteiger partial charge in [0.25, 0.3) is 5.91 Å². The molecule has 0 spiro atoms. The van der Waals surface area contributed by atoms with Crippen LogP contribution in [0.2, 0.25) is 10.0 Å². The molecule has 0 saturated heterocycles. The average Bonchev–Trinajstić information content (AvgIpc) is 2.96. The lowest BCUT2D eigenvalue weighted by Crippen LogP contribution is -2.24. The number of carbonyl (C=O) groups is 1. The zero-order chi connectivity index (χ0) is 15.2. The molecular weight excluding hydrogens is 311 g/mol. The zero-order valence-electron chi connectivity index (χ0n) is 11.7. The van der Waals surface area contributed by atoms with Crippen LogP contribution in [0.15, 0.2) is 28.9 Å². The Balaban J connectivity index is 2.03. The predicted octanol–water partition coefficient (Wildman–Crippen LogP) is 4.57. The van der Waals surface area contributed by atoms with Gasteiger partial charge in [0.2, 0.25) is 5.89 Å². The predicted molar refractivity (Wildman–Crippen MR) is 83.8 cm³/mol. The van der Waals surface area contributed by atoms with Crippen LogP contribution >= 0.6 is 23.2 Å². The average molecular weight is 327 g/mol. The minimum absolute atomic E-state index is 0.235. The Hall–Kier alpha value is -1.52. The van der Waals surface area contributed by atoms with E-state index in [4.69, 9.17) is 27.6 Å². The smallest absolute Gasteiger partial charge is 0.273 e. The second kappa shape index (κ2) is 7.48. The summed E-state index contributed by atoms with van der Waals surface area (Å²) in [5, 5.41) is 3.68. The molecule has 0 aliphatic heterocycles. The molecular formula is C15H16Cl2N2O2. The van der Waals surface area contributed by atoms with Crippen molar-refractivity contribution in [2.45, 2.75) is 26.2 Å². The molecule has 0 saturated carbocycles. The van der Waals surface area contributed by atoms with Crippen LogP contribution in [-0.2, 0) is 0 Å². The molecule has 0 bridgehead atoms. The van der Waals surface area contributed by atoms with E-state index >= 15 is 0 Å². The quantitative estimate of drug-likeness (QED) is 0.791. The van der Waals surface area contributed by atoms with Crippen molar-refractivity contribution < 1.29 is 9.21 Å². The molecule has 0 radical (unpaired) electrons. The standard InChI is InChI=1S/C15H16Cl2N2O2/c1-2-3-4-7-18-14(20)13-9-21-15(19-13)10-5-6-11(16)12(17)8-10/h5-6,8-9H,2-4,7H2,1H3,(H,18,20). The third-order valence-electron chi connectivity index (χ3n) is 2.97. The fourth-order valence-corrected chi connectivity index (χ4v) is 2.11. The lowest BCUT2D eigenvalue weighted by atomic mass is 10.2. The number of aromatic nitrogens is 1. The molecule has 21 heavy (non-hydrogen) atoms. The van der Waals surface area contributed by atoms with Crippen molar-refractivity contribution in [2.24, 2.45) is 0 Å². The van der Waals surface area contributed by atoms with Gasteiger partial charge in [0.1, 0.15) is 6.26 Å². The van der Waals surface area contributed by atoms with Gasteiger partial charge in [-0.15, -0.1) is 0 Å². The minimum atomic E-state index is -0.235. The molecule has 0 fully saturated rings. The summed E-state index contributed by atoms with van der Waals surface area (Å²) in [5.41, 5.74) is 0.932. The Bertz CT molecular complexity index is 626. The maximum absolute atomic E-state index is 11.9. The van der Waals surface area contributed by atoms with Crippen molar-refractivity contribution in [3.8, 4) is 11.5 Å². The molecule has 1 aromatic heterocycles. The number of amides is 1.